The summed E-state index contributed by atoms with van der Waals surface area (Å²) in [6.45, 7) is 2.32. The Balaban J connectivity index is 2.43. The van der Waals surface area contributed by atoms with E-state index in [0.717, 1.165) is 5.75 Å². The summed E-state index contributed by atoms with van der Waals surface area (Å²) >= 11 is 0. The van der Waals surface area contributed by atoms with Gasteiger partial charge in [-0.3, -0.25) is 10.1 Å². The van der Waals surface area contributed by atoms with E-state index in [9.17, 15) is 4.79 Å². The highest BCUT2D eigenvalue weighted by Crippen LogP contribution is 2.17. The van der Waals surface area contributed by atoms with Gasteiger partial charge in [0.2, 0.25) is 0 Å². The van der Waals surface area contributed by atoms with Crippen molar-refractivity contribution < 1.29 is 14.3 Å². The summed E-state index contributed by atoms with van der Waals surface area (Å²) < 4.78 is 10.4. The van der Waals surface area contributed by atoms with Crippen molar-refractivity contribution in [2.75, 3.05) is 13.2 Å². The van der Waals surface area contributed by atoms with E-state index in [1.807, 2.05) is 12.2 Å². The fraction of sp³-hybridized carbons (Fsp3) is 0.273. The molecule has 0 radical (unpaired) electrons. The molecule has 0 heterocycles. The van der Waals surface area contributed by atoms with Crippen LogP contribution >= 0.6 is 0 Å². The lowest BCUT2D eigenvalue weighted by Crippen LogP contribution is -2.24. The minimum Gasteiger partial charge on any atom is -0.494 e. The van der Waals surface area contributed by atoms with Crippen LogP contribution < -0.4 is 14.8 Å². The van der Waals surface area contributed by atoms with E-state index >= 15 is 0 Å². The van der Waals surface area contributed by atoms with Crippen LogP contribution in [-0.2, 0) is 4.79 Å². The first-order valence-electron chi connectivity index (χ1n) is 4.80. The Morgan fingerprint density at radius 3 is 2.38 bits per heavy atom. The largest absolute Gasteiger partial charge is 0.494 e. The lowest BCUT2D eigenvalue weighted by Gasteiger charge is -2.06. The van der Waals surface area contributed by atoms with Gasteiger partial charge in [-0.1, -0.05) is 0 Å². The van der Waals surface area contributed by atoms with Gasteiger partial charge >= 0.3 is 0 Å². The van der Waals surface area contributed by atoms with Crippen molar-refractivity contribution in [3.63, 3.8) is 0 Å². The van der Waals surface area contributed by atoms with Gasteiger partial charge < -0.3 is 9.47 Å². The smallest absolute Gasteiger partial charge is 0.270 e. The molecule has 0 unspecified atom stereocenters. The van der Waals surface area contributed by atoms with Gasteiger partial charge in [-0.25, -0.2) is 0 Å². The van der Waals surface area contributed by atoms with Gasteiger partial charge in [0.1, 0.15) is 11.5 Å². The van der Waals surface area contributed by atoms with Crippen molar-refractivity contribution in [3.05, 3.63) is 24.3 Å². The summed E-state index contributed by atoms with van der Waals surface area (Å²) in [5.41, 5.74) is 0. The molecule has 0 aliphatic heterocycles. The molecule has 1 rings (SSSR count). The summed E-state index contributed by atoms with van der Waals surface area (Å²) in [4.78, 5) is 10.9. The molecular weight excluding hydrogens is 208 g/mol. The standard InChI is InChI=1S/C11H12N2O3/c1-2-15-9-3-5-10(6-4-9)16-7-11(14)13-8-12/h3-6H,2,7H2,1H3,(H,13,14). The summed E-state index contributed by atoms with van der Waals surface area (Å²) in [6.07, 6.45) is 1.53. The topological polar surface area (TPSA) is 71.3 Å². The number of ether oxygens (including phenoxy) is 2. The third-order valence-corrected chi connectivity index (χ3v) is 1.70. The number of hydrogen-bond donors (Lipinski definition) is 1. The van der Waals surface area contributed by atoms with Crippen molar-refractivity contribution in [1.82, 2.24) is 5.32 Å². The molecule has 0 fully saturated rings. The lowest BCUT2D eigenvalue weighted by molar-refractivity contribution is -0.121. The third kappa shape index (κ3) is 3.88. The van der Waals surface area contributed by atoms with Crippen LogP contribution in [-0.4, -0.2) is 19.1 Å². The zero-order chi connectivity index (χ0) is 11.8. The second-order valence-corrected chi connectivity index (χ2v) is 2.85. The molecule has 0 atom stereocenters. The summed E-state index contributed by atoms with van der Waals surface area (Å²) in [5, 5.41) is 10.1. The Hall–Kier alpha value is -2.22. The van der Waals surface area contributed by atoms with E-state index in [2.05, 4.69) is 0 Å². The number of amides is 1. The van der Waals surface area contributed by atoms with Crippen LogP contribution in [0.5, 0.6) is 11.5 Å². The van der Waals surface area contributed by atoms with Crippen molar-refractivity contribution in [2.45, 2.75) is 6.92 Å². The zero-order valence-corrected chi connectivity index (χ0v) is 8.90. The number of carbonyl (C=O) groups is 1. The highest BCUT2D eigenvalue weighted by atomic mass is 16.5. The van der Waals surface area contributed by atoms with Crippen molar-refractivity contribution in [3.8, 4) is 17.7 Å². The molecule has 1 amide bonds. The lowest BCUT2D eigenvalue weighted by atomic mass is 10.3. The van der Waals surface area contributed by atoms with Crippen LogP contribution in [0.4, 0.5) is 0 Å². The normalized spacial score (nSPS) is 9.00. The molecule has 0 aliphatic rings. The first-order valence-corrected chi connectivity index (χ1v) is 4.80. The number of nitrogens with one attached hydrogen (secondary N) is 1. The van der Waals surface area contributed by atoms with Crippen LogP contribution in [0.25, 0.3) is 0 Å². The van der Waals surface area contributed by atoms with Crippen LogP contribution in [0, 0.1) is 11.5 Å². The average Bonchev–Trinajstić information content (AvgIpc) is 2.29. The average molecular weight is 220 g/mol. The van der Waals surface area contributed by atoms with Crippen LogP contribution in [0.2, 0.25) is 0 Å². The summed E-state index contributed by atoms with van der Waals surface area (Å²) in [7, 11) is 0. The molecule has 0 saturated carbocycles. The first kappa shape index (κ1) is 11.9. The number of nitriles is 1. The van der Waals surface area contributed by atoms with Crippen molar-refractivity contribution >= 4 is 5.91 Å². The van der Waals surface area contributed by atoms with E-state index < -0.39 is 5.91 Å². The fourth-order valence-corrected chi connectivity index (χ4v) is 1.05. The SMILES string of the molecule is CCOc1ccc(OCC(=O)NC#N)cc1. The third-order valence-electron chi connectivity index (χ3n) is 1.70. The molecule has 0 aliphatic carbocycles. The summed E-state index contributed by atoms with van der Waals surface area (Å²) in [6, 6.07) is 6.90. The maximum atomic E-state index is 10.9. The predicted octanol–water partition coefficient (Wildman–Crippen LogP) is 1.06. The van der Waals surface area contributed by atoms with Gasteiger partial charge in [0.15, 0.2) is 12.8 Å². The fourth-order valence-electron chi connectivity index (χ4n) is 1.05. The first-order chi connectivity index (χ1) is 7.76. The minimum atomic E-state index is -0.476. The number of rotatable bonds is 5. The molecule has 5 heteroatoms. The molecule has 1 aromatic rings. The van der Waals surface area contributed by atoms with Gasteiger partial charge in [-0.05, 0) is 31.2 Å². The monoisotopic (exact) mass is 220 g/mol. The van der Waals surface area contributed by atoms with E-state index in [4.69, 9.17) is 14.7 Å². The molecule has 1 N–H and O–H groups in total. The van der Waals surface area contributed by atoms with E-state index in [1.54, 1.807) is 24.3 Å². The molecule has 1 aromatic carbocycles. The maximum absolute atomic E-state index is 10.9. The maximum Gasteiger partial charge on any atom is 0.270 e. The highest BCUT2D eigenvalue weighted by molar-refractivity contribution is 5.78. The molecule has 16 heavy (non-hydrogen) atoms. The van der Waals surface area contributed by atoms with Crippen molar-refractivity contribution in [2.24, 2.45) is 0 Å². The van der Waals surface area contributed by atoms with Gasteiger partial charge in [-0.2, -0.15) is 5.26 Å². The quantitative estimate of drug-likeness (QED) is 0.595. The Labute approximate surface area is 93.6 Å². The van der Waals surface area contributed by atoms with Crippen molar-refractivity contribution in [1.29, 1.82) is 5.26 Å². The second kappa shape index (κ2) is 6.30. The van der Waals surface area contributed by atoms with E-state index in [1.165, 1.54) is 6.19 Å². The predicted molar refractivity (Wildman–Crippen MR) is 56.9 cm³/mol. The van der Waals surface area contributed by atoms with Gasteiger partial charge in [0.25, 0.3) is 5.91 Å². The van der Waals surface area contributed by atoms with Gasteiger partial charge in [0.05, 0.1) is 6.61 Å². The molecule has 0 spiro atoms. The number of nitrogens with zero attached hydrogens (tertiary/aromatic N) is 1. The minimum absolute atomic E-state index is 0.179. The Kier molecular flexibility index (Phi) is 4.67. The van der Waals surface area contributed by atoms with Crippen LogP contribution in [0.1, 0.15) is 6.92 Å². The molecule has 0 bridgehead atoms. The molecule has 5 nitrogen and oxygen atoms in total. The highest BCUT2D eigenvalue weighted by Gasteiger charge is 2.01. The van der Waals surface area contributed by atoms with Crippen LogP contribution in [0.15, 0.2) is 24.3 Å². The molecule has 0 aromatic heterocycles. The van der Waals surface area contributed by atoms with Crippen LogP contribution in [0.3, 0.4) is 0 Å². The Morgan fingerprint density at radius 1 is 1.31 bits per heavy atom. The Bertz CT molecular complexity index is 381. The zero-order valence-electron chi connectivity index (χ0n) is 8.90. The van der Waals surface area contributed by atoms with E-state index in [-0.39, 0.29) is 6.61 Å². The van der Waals surface area contributed by atoms with Gasteiger partial charge in [0, 0.05) is 0 Å². The number of benzene rings is 1. The summed E-state index contributed by atoms with van der Waals surface area (Å²) in [5.74, 6) is 0.823. The number of carbonyl (C=O) groups excluding carboxylic acids is 1. The second-order valence-electron chi connectivity index (χ2n) is 2.85. The number of hydrogen-bond acceptors (Lipinski definition) is 4. The Morgan fingerprint density at radius 2 is 1.88 bits per heavy atom. The molecular formula is C11H12N2O3. The van der Waals surface area contributed by atoms with Gasteiger partial charge in [-0.15, -0.1) is 0 Å². The molecule has 0 saturated heterocycles. The van der Waals surface area contributed by atoms with E-state index in [0.29, 0.717) is 12.4 Å². The molecule has 84 valence electrons.